The third kappa shape index (κ3) is 5.49. The van der Waals surface area contributed by atoms with Gasteiger partial charge in [-0.3, -0.25) is 0 Å². The van der Waals surface area contributed by atoms with Crippen LogP contribution in [0.15, 0.2) is 140 Å². The number of benzene rings is 7. The van der Waals surface area contributed by atoms with E-state index in [0.717, 1.165) is 0 Å². The van der Waals surface area contributed by atoms with Crippen molar-refractivity contribution in [3.8, 4) is 22.3 Å². The number of fused-ring (bicyclic) bond motifs is 10. The molecule has 4 heteroatoms. The zero-order valence-corrected chi connectivity index (χ0v) is 41.9. The molecule has 340 valence electrons. The van der Waals surface area contributed by atoms with Crippen molar-refractivity contribution in [1.82, 2.24) is 0 Å². The Morgan fingerprint density at radius 1 is 0.485 bits per heavy atom. The number of rotatable bonds is 4. The van der Waals surface area contributed by atoms with Crippen LogP contribution in [0, 0.1) is 13.8 Å². The summed E-state index contributed by atoms with van der Waals surface area (Å²) in [5.41, 5.74) is 25.9. The van der Waals surface area contributed by atoms with Crippen molar-refractivity contribution in [3.05, 3.63) is 167 Å². The molecule has 0 saturated heterocycles. The van der Waals surface area contributed by atoms with Gasteiger partial charge in [-0.2, -0.15) is 0 Å². The Bertz CT molecular complexity index is 3240. The molecule has 2 aliphatic carbocycles. The minimum Gasteiger partial charge on any atom is -0.335 e. The third-order valence-electron chi connectivity index (χ3n) is 19.0. The normalized spacial score (nSPS) is 25.1. The van der Waals surface area contributed by atoms with E-state index in [0.29, 0.717) is 0 Å². The molecule has 7 aromatic carbocycles. The molecule has 68 heavy (non-hydrogen) atoms. The smallest absolute Gasteiger partial charge is 0.252 e. The molecule has 6 aliphatic rings. The lowest BCUT2D eigenvalue weighted by molar-refractivity contribution is 0.193. The maximum absolute atomic E-state index is 2.95. The van der Waals surface area contributed by atoms with Crippen LogP contribution < -0.4 is 31.1 Å². The van der Waals surface area contributed by atoms with Gasteiger partial charge in [0.05, 0.1) is 11.1 Å². The highest BCUT2D eigenvalue weighted by molar-refractivity contribution is 7.00. The molecule has 7 aromatic rings. The highest BCUT2D eigenvalue weighted by Gasteiger charge is 2.63. The molecule has 0 radical (unpaired) electrons. The molecule has 3 nitrogen and oxygen atoms in total. The lowest BCUT2D eigenvalue weighted by atomic mass is 9.33. The van der Waals surface area contributed by atoms with Crippen molar-refractivity contribution in [1.29, 1.82) is 0 Å². The van der Waals surface area contributed by atoms with E-state index in [2.05, 4.69) is 217 Å². The van der Waals surface area contributed by atoms with Gasteiger partial charge in [0.1, 0.15) is 0 Å². The van der Waals surface area contributed by atoms with E-state index in [-0.39, 0.29) is 34.0 Å². The summed E-state index contributed by atoms with van der Waals surface area (Å²) >= 11 is 0. The van der Waals surface area contributed by atoms with Gasteiger partial charge in [0.2, 0.25) is 0 Å². The first-order valence-electron chi connectivity index (χ1n) is 25.9. The molecule has 0 N–H and O–H groups in total. The Kier molecular flexibility index (Phi) is 8.85. The first-order valence-corrected chi connectivity index (χ1v) is 25.9. The van der Waals surface area contributed by atoms with Crippen LogP contribution in [0.5, 0.6) is 0 Å². The first kappa shape index (κ1) is 42.1. The van der Waals surface area contributed by atoms with E-state index >= 15 is 0 Å². The number of anilines is 7. The van der Waals surface area contributed by atoms with E-state index in [1.807, 2.05) is 0 Å². The topological polar surface area (TPSA) is 9.72 Å². The predicted octanol–water partition coefficient (Wildman–Crippen LogP) is 15.0. The van der Waals surface area contributed by atoms with E-state index < -0.39 is 0 Å². The Labute approximate surface area is 406 Å². The van der Waals surface area contributed by atoms with Gasteiger partial charge in [0.15, 0.2) is 0 Å². The molecule has 0 aromatic heterocycles. The fourth-order valence-corrected chi connectivity index (χ4v) is 15.2. The largest absolute Gasteiger partial charge is 0.335 e. The third-order valence-corrected chi connectivity index (χ3v) is 19.0. The monoisotopic (exact) mass is 888 g/mol. The molecular weight excluding hydrogens is 822 g/mol. The summed E-state index contributed by atoms with van der Waals surface area (Å²) in [7, 11) is 0. The molecule has 4 aliphatic heterocycles. The minimum atomic E-state index is -0.0922. The zero-order valence-electron chi connectivity index (χ0n) is 41.9. The predicted molar refractivity (Wildman–Crippen MR) is 290 cm³/mol. The molecule has 13 rings (SSSR count). The van der Waals surface area contributed by atoms with Crippen molar-refractivity contribution in [2.24, 2.45) is 0 Å². The molecule has 4 unspecified atom stereocenters. The second-order valence-electron chi connectivity index (χ2n) is 23.7. The van der Waals surface area contributed by atoms with Gasteiger partial charge in [-0.15, -0.1) is 0 Å². The van der Waals surface area contributed by atoms with Gasteiger partial charge in [-0.25, -0.2) is 0 Å². The van der Waals surface area contributed by atoms with Crippen LogP contribution in [0.2, 0.25) is 0 Å². The molecule has 0 spiro atoms. The lowest BCUT2D eigenvalue weighted by Gasteiger charge is -2.54. The molecule has 2 fully saturated rings. The number of nitrogens with zero attached hydrogens (tertiary/aromatic N) is 3. The Morgan fingerprint density at radius 2 is 1.10 bits per heavy atom. The van der Waals surface area contributed by atoms with Gasteiger partial charge in [-0.05, 0) is 162 Å². The van der Waals surface area contributed by atoms with Gasteiger partial charge < -0.3 is 14.7 Å². The Balaban J connectivity index is 1.17. The Morgan fingerprint density at radius 3 is 1.79 bits per heavy atom. The second kappa shape index (κ2) is 14.3. The summed E-state index contributed by atoms with van der Waals surface area (Å²) in [6.45, 7) is 22.5. The van der Waals surface area contributed by atoms with Crippen molar-refractivity contribution in [3.63, 3.8) is 0 Å². The van der Waals surface area contributed by atoms with Gasteiger partial charge in [-0.1, -0.05) is 163 Å². The quantitative estimate of drug-likeness (QED) is 0.163. The standard InChI is InChI=1S/C64H66BN3/c1-41-33-42(2)57-54(34-41)67(64(9)32-19-17-30-62(57,64)7)49-39-55-58-56(40-49)68-59-50(61(6)29-16-18-31-63(61,68)8)37-47(60(3,4)5)38-52(59)65(58)51-28-27-46(44-23-14-11-15-24-44)36-53(51)66(55)48-26-20-25-45(35-48)43-21-12-10-13-22-43/h10-15,20-28,33-40H,16-19,29-32H2,1-9H3. The maximum Gasteiger partial charge on any atom is 0.252 e. The average Bonchev–Trinajstić information content (AvgIpc) is 3.68. The van der Waals surface area contributed by atoms with Crippen LogP contribution in [-0.2, 0) is 16.2 Å². The highest BCUT2D eigenvalue weighted by atomic mass is 15.3. The van der Waals surface area contributed by atoms with Crippen LogP contribution in [-0.4, -0.2) is 17.8 Å². The first-order chi connectivity index (χ1) is 32.6. The summed E-state index contributed by atoms with van der Waals surface area (Å²) in [4.78, 5) is 8.51. The fourth-order valence-electron chi connectivity index (χ4n) is 15.2. The van der Waals surface area contributed by atoms with Crippen molar-refractivity contribution in [2.75, 3.05) is 14.7 Å². The van der Waals surface area contributed by atoms with Gasteiger partial charge in [0, 0.05) is 50.6 Å². The minimum absolute atomic E-state index is 0.000928. The van der Waals surface area contributed by atoms with Crippen molar-refractivity contribution < 1.29 is 0 Å². The number of aryl methyl sites for hydroxylation is 2. The lowest BCUT2D eigenvalue weighted by Crippen LogP contribution is -2.64. The summed E-state index contributed by atoms with van der Waals surface area (Å²) in [5, 5.41) is 0. The molecule has 0 bridgehead atoms. The summed E-state index contributed by atoms with van der Waals surface area (Å²) in [6, 6.07) is 54.5. The number of hydrogen-bond acceptors (Lipinski definition) is 3. The zero-order chi connectivity index (χ0) is 46.7. The van der Waals surface area contributed by atoms with Crippen LogP contribution in [0.4, 0.5) is 39.8 Å². The van der Waals surface area contributed by atoms with Crippen LogP contribution in [0.25, 0.3) is 22.3 Å². The maximum atomic E-state index is 2.95. The van der Waals surface area contributed by atoms with E-state index in [4.69, 9.17) is 0 Å². The van der Waals surface area contributed by atoms with Gasteiger partial charge >= 0.3 is 0 Å². The Hall–Kier alpha value is -6.00. The van der Waals surface area contributed by atoms with Crippen molar-refractivity contribution >= 4 is 62.9 Å². The van der Waals surface area contributed by atoms with Crippen LogP contribution in [0.3, 0.4) is 0 Å². The average molecular weight is 888 g/mol. The molecule has 4 atom stereocenters. The second-order valence-corrected chi connectivity index (χ2v) is 23.7. The number of hydrogen-bond donors (Lipinski definition) is 0. The fraction of sp³-hybridized carbons (Fsp3) is 0.344. The molecular formula is C64H66BN3. The molecule has 4 heterocycles. The van der Waals surface area contributed by atoms with E-state index in [1.54, 1.807) is 11.1 Å². The molecule has 2 saturated carbocycles. The summed E-state index contributed by atoms with van der Waals surface area (Å²) in [5.74, 6) is 0. The van der Waals surface area contributed by atoms with Gasteiger partial charge in [0.25, 0.3) is 6.71 Å². The van der Waals surface area contributed by atoms with Crippen molar-refractivity contribution in [2.45, 2.75) is 141 Å². The van der Waals surface area contributed by atoms with Crippen LogP contribution in [0.1, 0.15) is 128 Å². The van der Waals surface area contributed by atoms with E-state index in [1.165, 1.54) is 147 Å². The SMILES string of the molecule is Cc1cc(C)c2c(c1)N(c1cc3c4c(c1)N1c5c(cc(C(C)(C)C)cc5C5(C)CCCCC15C)B4c1ccc(-c4ccccc4)cc1N3c1cccc(-c3ccccc3)c1)C1(C)CCCCC21C. The van der Waals surface area contributed by atoms with Crippen LogP contribution >= 0.6 is 0 Å². The van der Waals surface area contributed by atoms with E-state index in [9.17, 15) is 0 Å². The summed E-state index contributed by atoms with van der Waals surface area (Å²) < 4.78 is 0. The molecule has 0 amide bonds. The highest BCUT2D eigenvalue weighted by Crippen LogP contribution is 2.65. The summed E-state index contributed by atoms with van der Waals surface area (Å²) in [6.07, 6.45) is 9.80.